The Balaban J connectivity index is 1.51. The standard InChI is InChI=1S/C22H26N2/c1-15-7-3-4-8-19(15)14-23-16(2)24-22-20-11-5-9-17(20)13-18-10-6-12-21(18)22/h3-4,7-8,13,23-24H,2,5-6,9-12,14H2,1H3. The average molecular weight is 318 g/mol. The summed E-state index contributed by atoms with van der Waals surface area (Å²) in [7, 11) is 0. The summed E-state index contributed by atoms with van der Waals surface area (Å²) in [6.07, 6.45) is 7.46. The summed E-state index contributed by atoms with van der Waals surface area (Å²) in [6.45, 7) is 7.20. The Morgan fingerprint density at radius 2 is 1.67 bits per heavy atom. The molecule has 0 radical (unpaired) electrons. The highest BCUT2D eigenvalue weighted by Crippen LogP contribution is 2.38. The van der Waals surface area contributed by atoms with Gasteiger partial charge in [0.25, 0.3) is 0 Å². The molecule has 0 saturated carbocycles. The third-order valence-corrected chi connectivity index (χ3v) is 5.50. The molecule has 0 bridgehead atoms. The smallest absolute Gasteiger partial charge is 0.0959 e. The van der Waals surface area contributed by atoms with E-state index in [1.807, 2.05) is 0 Å². The molecule has 124 valence electrons. The van der Waals surface area contributed by atoms with E-state index >= 15 is 0 Å². The Kier molecular flexibility index (Phi) is 4.05. The summed E-state index contributed by atoms with van der Waals surface area (Å²) < 4.78 is 0. The highest BCUT2D eigenvalue weighted by molar-refractivity contribution is 5.67. The number of nitrogens with one attached hydrogen (secondary N) is 2. The van der Waals surface area contributed by atoms with E-state index in [4.69, 9.17) is 0 Å². The lowest BCUT2D eigenvalue weighted by Gasteiger charge is -2.19. The van der Waals surface area contributed by atoms with E-state index in [0.29, 0.717) is 0 Å². The maximum absolute atomic E-state index is 4.22. The van der Waals surface area contributed by atoms with Gasteiger partial charge in [-0.1, -0.05) is 36.9 Å². The van der Waals surface area contributed by atoms with Gasteiger partial charge in [0.15, 0.2) is 0 Å². The summed E-state index contributed by atoms with van der Waals surface area (Å²) in [5.74, 6) is 0.910. The maximum Gasteiger partial charge on any atom is 0.0959 e. The van der Waals surface area contributed by atoms with Crippen LogP contribution in [0.15, 0.2) is 42.7 Å². The van der Waals surface area contributed by atoms with Gasteiger partial charge in [-0.25, -0.2) is 0 Å². The number of anilines is 1. The molecule has 4 rings (SSSR count). The Bertz CT molecular complexity index is 757. The Hall–Kier alpha value is -2.22. The Labute approximate surface area is 145 Å². The molecule has 0 aliphatic heterocycles. The van der Waals surface area contributed by atoms with Gasteiger partial charge in [0, 0.05) is 12.2 Å². The number of fused-ring (bicyclic) bond motifs is 2. The van der Waals surface area contributed by atoms with E-state index in [1.54, 1.807) is 11.1 Å². The van der Waals surface area contributed by atoms with Crippen molar-refractivity contribution in [1.82, 2.24) is 5.32 Å². The van der Waals surface area contributed by atoms with Crippen LogP contribution in [0.25, 0.3) is 0 Å². The zero-order chi connectivity index (χ0) is 16.5. The second kappa shape index (κ2) is 6.35. The Morgan fingerprint density at radius 3 is 2.33 bits per heavy atom. The van der Waals surface area contributed by atoms with Crippen LogP contribution in [0.4, 0.5) is 5.69 Å². The van der Waals surface area contributed by atoms with Gasteiger partial charge < -0.3 is 10.6 Å². The number of hydrogen-bond acceptors (Lipinski definition) is 2. The van der Waals surface area contributed by atoms with Gasteiger partial charge in [-0.05, 0) is 78.8 Å². The molecule has 2 aliphatic carbocycles. The fourth-order valence-electron chi connectivity index (χ4n) is 4.17. The molecule has 0 aromatic heterocycles. The number of rotatable bonds is 5. The number of aryl methyl sites for hydroxylation is 3. The lowest BCUT2D eigenvalue weighted by Crippen LogP contribution is -2.20. The first-order valence-electron chi connectivity index (χ1n) is 9.13. The Morgan fingerprint density at radius 1 is 1.00 bits per heavy atom. The van der Waals surface area contributed by atoms with Crippen molar-refractivity contribution in [3.63, 3.8) is 0 Å². The fourth-order valence-corrected chi connectivity index (χ4v) is 4.17. The predicted molar refractivity (Wildman–Crippen MR) is 101 cm³/mol. The minimum absolute atomic E-state index is 0.815. The third kappa shape index (κ3) is 2.82. The first-order chi connectivity index (χ1) is 11.7. The second-order valence-corrected chi connectivity index (χ2v) is 7.12. The normalized spacial score (nSPS) is 15.0. The molecule has 2 aromatic carbocycles. The summed E-state index contributed by atoms with van der Waals surface area (Å²) in [6, 6.07) is 11.0. The van der Waals surface area contributed by atoms with Gasteiger partial charge >= 0.3 is 0 Å². The molecule has 0 heterocycles. The van der Waals surface area contributed by atoms with E-state index in [1.165, 1.54) is 66.5 Å². The molecular formula is C22H26N2. The SMILES string of the molecule is C=C(NCc1ccccc1C)Nc1c2c(cc3c1CCC3)CCC2. The van der Waals surface area contributed by atoms with Gasteiger partial charge in [0.05, 0.1) is 5.82 Å². The van der Waals surface area contributed by atoms with Crippen LogP contribution in [0, 0.1) is 6.92 Å². The van der Waals surface area contributed by atoms with Crippen molar-refractivity contribution in [2.45, 2.75) is 52.0 Å². The largest absolute Gasteiger partial charge is 0.368 e. The minimum Gasteiger partial charge on any atom is -0.368 e. The zero-order valence-corrected chi connectivity index (χ0v) is 14.5. The molecule has 0 saturated heterocycles. The highest BCUT2D eigenvalue weighted by Gasteiger charge is 2.24. The molecule has 2 heteroatoms. The van der Waals surface area contributed by atoms with Crippen molar-refractivity contribution in [3.05, 3.63) is 76.1 Å². The summed E-state index contributed by atoms with van der Waals surface area (Å²) in [4.78, 5) is 0. The van der Waals surface area contributed by atoms with Crippen LogP contribution in [0.2, 0.25) is 0 Å². The van der Waals surface area contributed by atoms with Crippen LogP contribution in [-0.2, 0) is 32.2 Å². The average Bonchev–Trinajstić information content (AvgIpc) is 3.22. The van der Waals surface area contributed by atoms with Gasteiger partial charge in [-0.3, -0.25) is 0 Å². The fraction of sp³-hybridized carbons (Fsp3) is 0.364. The maximum atomic E-state index is 4.22. The van der Waals surface area contributed by atoms with Crippen LogP contribution in [0.3, 0.4) is 0 Å². The molecule has 0 spiro atoms. The second-order valence-electron chi connectivity index (χ2n) is 7.12. The van der Waals surface area contributed by atoms with Gasteiger partial charge in [0.2, 0.25) is 0 Å². The van der Waals surface area contributed by atoms with E-state index in [9.17, 15) is 0 Å². The molecular weight excluding hydrogens is 292 g/mol. The van der Waals surface area contributed by atoms with E-state index in [0.717, 1.165) is 12.4 Å². The van der Waals surface area contributed by atoms with Crippen molar-refractivity contribution >= 4 is 5.69 Å². The van der Waals surface area contributed by atoms with Crippen molar-refractivity contribution in [2.75, 3.05) is 5.32 Å². The van der Waals surface area contributed by atoms with Gasteiger partial charge in [-0.15, -0.1) is 0 Å². The zero-order valence-electron chi connectivity index (χ0n) is 14.5. The number of hydrogen-bond donors (Lipinski definition) is 2. The predicted octanol–water partition coefficient (Wildman–Crippen LogP) is 4.65. The van der Waals surface area contributed by atoms with Crippen molar-refractivity contribution in [2.24, 2.45) is 0 Å². The van der Waals surface area contributed by atoms with E-state index in [-0.39, 0.29) is 0 Å². The topological polar surface area (TPSA) is 24.1 Å². The van der Waals surface area contributed by atoms with Gasteiger partial charge in [-0.2, -0.15) is 0 Å². The summed E-state index contributed by atoms with van der Waals surface area (Å²) in [5.41, 5.74) is 10.2. The molecule has 2 aliphatic rings. The van der Waals surface area contributed by atoms with Crippen molar-refractivity contribution < 1.29 is 0 Å². The third-order valence-electron chi connectivity index (χ3n) is 5.50. The monoisotopic (exact) mass is 318 g/mol. The molecule has 2 aromatic rings. The molecule has 0 unspecified atom stereocenters. The van der Waals surface area contributed by atoms with Gasteiger partial charge in [0.1, 0.15) is 0 Å². The van der Waals surface area contributed by atoms with E-state index < -0.39 is 0 Å². The lowest BCUT2D eigenvalue weighted by atomic mass is 9.99. The lowest BCUT2D eigenvalue weighted by molar-refractivity contribution is 0.813. The van der Waals surface area contributed by atoms with Crippen LogP contribution in [-0.4, -0.2) is 0 Å². The van der Waals surface area contributed by atoms with Crippen molar-refractivity contribution in [1.29, 1.82) is 0 Å². The van der Waals surface area contributed by atoms with Crippen molar-refractivity contribution in [3.8, 4) is 0 Å². The molecule has 0 fully saturated rings. The number of benzene rings is 2. The molecule has 0 atom stereocenters. The first-order valence-corrected chi connectivity index (χ1v) is 9.13. The molecule has 2 nitrogen and oxygen atoms in total. The molecule has 0 amide bonds. The summed E-state index contributed by atoms with van der Waals surface area (Å²) >= 11 is 0. The van der Waals surface area contributed by atoms with Crippen LogP contribution < -0.4 is 10.6 Å². The quantitative estimate of drug-likeness (QED) is 0.839. The van der Waals surface area contributed by atoms with Crippen LogP contribution in [0.5, 0.6) is 0 Å². The van der Waals surface area contributed by atoms with Crippen LogP contribution in [0.1, 0.15) is 46.2 Å². The minimum atomic E-state index is 0.815. The molecule has 2 N–H and O–H groups in total. The van der Waals surface area contributed by atoms with E-state index in [2.05, 4.69) is 54.5 Å². The van der Waals surface area contributed by atoms with Crippen LogP contribution >= 0.6 is 0 Å². The molecule has 24 heavy (non-hydrogen) atoms. The highest BCUT2D eigenvalue weighted by atomic mass is 15.1. The first kappa shape index (κ1) is 15.3. The summed E-state index contributed by atoms with van der Waals surface area (Å²) in [5, 5.41) is 7.09.